The van der Waals surface area contributed by atoms with Crippen molar-refractivity contribution in [2.75, 3.05) is 44.6 Å². The fraction of sp³-hybridized carbons (Fsp3) is 0.567. The van der Waals surface area contributed by atoms with Crippen LogP contribution in [0.1, 0.15) is 56.7 Å². The summed E-state index contributed by atoms with van der Waals surface area (Å²) < 4.78 is 5.91. The minimum absolute atomic E-state index is 0.145. The Morgan fingerprint density at radius 3 is 2.77 bits per heavy atom. The zero-order chi connectivity index (χ0) is 27.5. The summed E-state index contributed by atoms with van der Waals surface area (Å²) in [6, 6.07) is 13.0. The molecule has 0 unspecified atom stereocenters. The molecule has 0 radical (unpaired) electrons. The Bertz CT molecular complexity index is 1070. The van der Waals surface area contributed by atoms with Crippen LogP contribution in [-0.2, 0) is 17.6 Å². The molecule has 0 saturated carbocycles. The molecule has 2 aliphatic rings. The van der Waals surface area contributed by atoms with Gasteiger partial charge in [-0.3, -0.25) is 4.90 Å². The molecule has 2 amide bonds. The van der Waals surface area contributed by atoms with Crippen molar-refractivity contribution in [3.63, 3.8) is 0 Å². The number of aryl methyl sites for hydroxylation is 2. The van der Waals surface area contributed by atoms with Crippen molar-refractivity contribution < 1.29 is 19.4 Å². The number of nitrogens with zero attached hydrogens (tertiary/aromatic N) is 3. The third kappa shape index (κ3) is 8.85. The molecule has 3 heterocycles. The van der Waals surface area contributed by atoms with Crippen LogP contribution in [0.3, 0.4) is 0 Å². The largest absolute Gasteiger partial charge is 0.492 e. The van der Waals surface area contributed by atoms with Gasteiger partial charge in [0.05, 0.1) is 0 Å². The van der Waals surface area contributed by atoms with E-state index < -0.39 is 12.0 Å². The Morgan fingerprint density at radius 2 is 2.00 bits per heavy atom. The molecule has 9 heteroatoms. The highest BCUT2D eigenvalue weighted by molar-refractivity contribution is 5.82. The molecule has 2 aliphatic heterocycles. The standard InChI is InChI=1S/C30H43N5O4/c1-23-9-8-19-35(23)30(38)33-27(29(36)37)16-20-34(21-22-39-26-12-3-2-4-13-26)18-6-5-11-25-15-14-24-10-7-17-31-28(24)32-25/h2-4,12-15,23,27H,5-11,16-22H2,1H3,(H,31,32)(H,33,38)(H,36,37)/t23-,27+/m1/s1. The fourth-order valence-electron chi connectivity index (χ4n) is 5.33. The molecule has 2 aromatic rings. The van der Waals surface area contributed by atoms with E-state index in [9.17, 15) is 14.7 Å². The van der Waals surface area contributed by atoms with Gasteiger partial charge in [-0.1, -0.05) is 24.3 Å². The van der Waals surface area contributed by atoms with E-state index in [1.165, 1.54) is 5.56 Å². The lowest BCUT2D eigenvalue weighted by Gasteiger charge is -2.27. The van der Waals surface area contributed by atoms with Crippen LogP contribution < -0.4 is 15.4 Å². The number of amides is 2. The van der Waals surface area contributed by atoms with E-state index in [1.807, 2.05) is 37.3 Å². The van der Waals surface area contributed by atoms with Gasteiger partial charge >= 0.3 is 12.0 Å². The summed E-state index contributed by atoms with van der Waals surface area (Å²) in [7, 11) is 0. The summed E-state index contributed by atoms with van der Waals surface area (Å²) in [6.45, 7) is 6.25. The van der Waals surface area contributed by atoms with Gasteiger partial charge in [0.25, 0.3) is 0 Å². The maximum absolute atomic E-state index is 12.7. The zero-order valence-corrected chi connectivity index (χ0v) is 23.1. The minimum atomic E-state index is -0.997. The predicted octanol–water partition coefficient (Wildman–Crippen LogP) is 4.18. The highest BCUT2D eigenvalue weighted by Crippen LogP contribution is 2.20. The molecule has 0 aliphatic carbocycles. The molecule has 3 N–H and O–H groups in total. The Morgan fingerprint density at radius 1 is 1.15 bits per heavy atom. The third-order valence-corrected chi connectivity index (χ3v) is 7.67. The van der Waals surface area contributed by atoms with Crippen LogP contribution in [0.2, 0.25) is 0 Å². The molecular weight excluding hydrogens is 494 g/mol. The summed E-state index contributed by atoms with van der Waals surface area (Å²) in [5.74, 6) is 0.853. The van der Waals surface area contributed by atoms with E-state index in [0.717, 1.165) is 75.3 Å². The van der Waals surface area contributed by atoms with Crippen LogP contribution in [0.5, 0.6) is 5.75 Å². The molecule has 1 fully saturated rings. The number of likely N-dealkylation sites (tertiary alicyclic amines) is 1. The molecule has 1 aromatic carbocycles. The quantitative estimate of drug-likeness (QED) is 0.310. The Hall–Kier alpha value is -3.33. The van der Waals surface area contributed by atoms with Gasteiger partial charge in [0, 0.05) is 37.9 Å². The summed E-state index contributed by atoms with van der Waals surface area (Å²) in [4.78, 5) is 33.4. The van der Waals surface area contributed by atoms with Crippen LogP contribution in [0.25, 0.3) is 0 Å². The predicted molar refractivity (Wildman–Crippen MR) is 152 cm³/mol. The van der Waals surface area contributed by atoms with E-state index in [-0.39, 0.29) is 12.1 Å². The van der Waals surface area contributed by atoms with Crippen LogP contribution in [0.4, 0.5) is 10.6 Å². The van der Waals surface area contributed by atoms with E-state index in [1.54, 1.807) is 4.90 Å². The van der Waals surface area contributed by atoms with Gasteiger partial charge in [0.1, 0.15) is 24.2 Å². The number of urea groups is 1. The number of hydrogen-bond acceptors (Lipinski definition) is 6. The lowest BCUT2D eigenvalue weighted by Crippen LogP contribution is -2.50. The molecular formula is C30H43N5O4. The highest BCUT2D eigenvalue weighted by Gasteiger charge is 2.29. The van der Waals surface area contributed by atoms with Crippen molar-refractivity contribution in [1.29, 1.82) is 0 Å². The van der Waals surface area contributed by atoms with Gasteiger partial charge in [0.2, 0.25) is 0 Å². The first kappa shape index (κ1) is 28.7. The van der Waals surface area contributed by atoms with Crippen molar-refractivity contribution in [3.05, 3.63) is 53.7 Å². The maximum atomic E-state index is 12.7. The summed E-state index contributed by atoms with van der Waals surface area (Å²) >= 11 is 0. The summed E-state index contributed by atoms with van der Waals surface area (Å²) in [5, 5.41) is 16.0. The number of unbranched alkanes of at least 4 members (excludes halogenated alkanes) is 1. The molecule has 39 heavy (non-hydrogen) atoms. The Balaban J connectivity index is 1.28. The molecule has 4 rings (SSSR count). The number of fused-ring (bicyclic) bond motifs is 1. The molecule has 212 valence electrons. The first-order valence-electron chi connectivity index (χ1n) is 14.4. The first-order chi connectivity index (χ1) is 19.0. The Kier molecular flexibility index (Phi) is 10.8. The first-order valence-corrected chi connectivity index (χ1v) is 14.4. The third-order valence-electron chi connectivity index (χ3n) is 7.67. The number of pyridine rings is 1. The second-order valence-electron chi connectivity index (χ2n) is 10.6. The van der Waals surface area contributed by atoms with E-state index >= 15 is 0 Å². The molecule has 9 nitrogen and oxygen atoms in total. The lowest BCUT2D eigenvalue weighted by molar-refractivity contribution is -0.139. The molecule has 0 spiro atoms. The van der Waals surface area contributed by atoms with Gasteiger partial charge in [0.15, 0.2) is 0 Å². The number of nitrogens with one attached hydrogen (secondary N) is 2. The number of carbonyl (C=O) groups is 2. The van der Waals surface area contributed by atoms with Gasteiger partial charge in [-0.2, -0.15) is 0 Å². The molecule has 0 bridgehead atoms. The van der Waals surface area contributed by atoms with Gasteiger partial charge < -0.3 is 25.4 Å². The number of hydrogen-bond donors (Lipinski definition) is 3. The normalized spacial score (nSPS) is 17.4. The van der Waals surface area contributed by atoms with Crippen molar-refractivity contribution in [2.45, 2.75) is 70.4 Å². The highest BCUT2D eigenvalue weighted by atomic mass is 16.5. The average Bonchev–Trinajstić information content (AvgIpc) is 3.39. The smallest absolute Gasteiger partial charge is 0.326 e. The van der Waals surface area contributed by atoms with E-state index in [2.05, 4.69) is 27.7 Å². The van der Waals surface area contributed by atoms with Crippen LogP contribution in [0.15, 0.2) is 42.5 Å². The van der Waals surface area contributed by atoms with Gasteiger partial charge in [-0.05, 0) is 88.6 Å². The van der Waals surface area contributed by atoms with Gasteiger partial charge in [-0.15, -0.1) is 0 Å². The molecule has 2 atom stereocenters. The number of para-hydroxylation sites is 1. The van der Waals surface area contributed by atoms with Crippen LogP contribution in [-0.4, -0.2) is 83.3 Å². The van der Waals surface area contributed by atoms with Crippen molar-refractivity contribution in [1.82, 2.24) is 20.1 Å². The SMILES string of the molecule is C[C@@H]1CCCN1C(=O)N[C@@H](CCN(CCCCc1ccc2c(n1)NCCC2)CCOc1ccccc1)C(=O)O. The number of carboxylic acid groups (broad SMARTS) is 1. The number of benzene rings is 1. The number of anilines is 1. The Labute approximate surface area is 231 Å². The van der Waals surface area contributed by atoms with E-state index in [0.29, 0.717) is 32.7 Å². The van der Waals surface area contributed by atoms with Crippen molar-refractivity contribution in [2.24, 2.45) is 0 Å². The number of ether oxygens (including phenoxy) is 1. The topological polar surface area (TPSA) is 107 Å². The number of carboxylic acids is 1. The molecule has 1 aromatic heterocycles. The zero-order valence-electron chi connectivity index (χ0n) is 23.1. The minimum Gasteiger partial charge on any atom is -0.492 e. The summed E-state index contributed by atoms with van der Waals surface area (Å²) in [6.07, 6.45) is 7.36. The monoisotopic (exact) mass is 537 g/mol. The number of aromatic nitrogens is 1. The molecule has 1 saturated heterocycles. The maximum Gasteiger partial charge on any atom is 0.326 e. The number of rotatable bonds is 14. The lowest BCUT2D eigenvalue weighted by atomic mass is 10.1. The van der Waals surface area contributed by atoms with Crippen molar-refractivity contribution >= 4 is 17.8 Å². The second-order valence-corrected chi connectivity index (χ2v) is 10.6. The number of carbonyl (C=O) groups excluding carboxylic acids is 1. The number of aliphatic carboxylic acids is 1. The average molecular weight is 538 g/mol. The van der Waals surface area contributed by atoms with Gasteiger partial charge in [-0.25, -0.2) is 14.6 Å². The second kappa shape index (κ2) is 14.7. The fourth-order valence-corrected chi connectivity index (χ4v) is 5.33. The van der Waals surface area contributed by atoms with Crippen LogP contribution >= 0.6 is 0 Å². The van der Waals surface area contributed by atoms with Crippen molar-refractivity contribution in [3.8, 4) is 5.75 Å². The van der Waals surface area contributed by atoms with Crippen LogP contribution in [0, 0.1) is 0 Å². The van der Waals surface area contributed by atoms with E-state index in [4.69, 9.17) is 9.72 Å². The summed E-state index contributed by atoms with van der Waals surface area (Å²) in [5.41, 5.74) is 2.40.